The van der Waals surface area contributed by atoms with Crippen molar-refractivity contribution in [1.82, 2.24) is 0 Å². The van der Waals surface area contributed by atoms with Crippen LogP contribution in [0.5, 0.6) is 0 Å². The number of hydrogen-bond donors (Lipinski definition) is 0. The summed E-state index contributed by atoms with van der Waals surface area (Å²) in [7, 11) is 0. The Balaban J connectivity index is -0.00000000500. The zero-order valence-electron chi connectivity index (χ0n) is 2.53. The SMILES string of the molecule is C#C.[Cl-].[Na+]. The molecule has 0 aliphatic carbocycles. The van der Waals surface area contributed by atoms with Crippen LogP contribution in [0.4, 0.5) is 0 Å². The van der Waals surface area contributed by atoms with Crippen LogP contribution in [0.3, 0.4) is 0 Å². The van der Waals surface area contributed by atoms with Gasteiger partial charge in [-0.3, -0.25) is 0 Å². The average molecular weight is 84.5 g/mol. The van der Waals surface area contributed by atoms with E-state index in [1.165, 1.54) is 0 Å². The Morgan fingerprint density at radius 2 is 1.00 bits per heavy atom. The van der Waals surface area contributed by atoms with E-state index >= 15 is 0 Å². The second kappa shape index (κ2) is 43.3. The minimum atomic E-state index is 0. The van der Waals surface area contributed by atoms with Crippen molar-refractivity contribution in [2.75, 3.05) is 0 Å². The molecule has 0 bridgehead atoms. The number of hydrogen-bond acceptors (Lipinski definition) is 0. The summed E-state index contributed by atoms with van der Waals surface area (Å²) in [6.45, 7) is 0. The van der Waals surface area contributed by atoms with Gasteiger partial charge >= 0.3 is 29.6 Å². The molecule has 0 aliphatic rings. The van der Waals surface area contributed by atoms with Crippen LogP contribution in [-0.4, -0.2) is 0 Å². The molecule has 18 valence electrons. The largest absolute Gasteiger partial charge is 1.00 e. The van der Waals surface area contributed by atoms with E-state index in [4.69, 9.17) is 0 Å². The van der Waals surface area contributed by atoms with Gasteiger partial charge in [0.25, 0.3) is 0 Å². The van der Waals surface area contributed by atoms with Gasteiger partial charge in [0, 0.05) is 0 Å². The molecule has 0 radical (unpaired) electrons. The van der Waals surface area contributed by atoms with E-state index in [2.05, 4.69) is 12.8 Å². The summed E-state index contributed by atoms with van der Waals surface area (Å²) >= 11 is 0. The molecular weight excluding hydrogens is 82.5 g/mol. The maximum Gasteiger partial charge on any atom is 1.00 e. The Bertz CT molecular complexity index is 10.8. The molecular formula is C2H2ClNa. The van der Waals surface area contributed by atoms with Crippen molar-refractivity contribution >= 4 is 0 Å². The molecule has 0 N–H and O–H groups in total. The normalized spacial score (nSPS) is 0.500. The summed E-state index contributed by atoms with van der Waals surface area (Å²) in [6.07, 6.45) is 8.00. The minimum Gasteiger partial charge on any atom is -1.00 e. The van der Waals surface area contributed by atoms with Crippen LogP contribution in [0, 0.1) is 12.8 Å². The van der Waals surface area contributed by atoms with Crippen LogP contribution in [-0.2, 0) is 0 Å². The third-order valence-corrected chi connectivity index (χ3v) is 0. The molecule has 0 aliphatic heterocycles. The molecule has 0 heterocycles. The van der Waals surface area contributed by atoms with Gasteiger partial charge in [-0.1, -0.05) is 0 Å². The molecule has 0 unspecified atom stereocenters. The van der Waals surface area contributed by atoms with Crippen LogP contribution in [0.1, 0.15) is 0 Å². The number of rotatable bonds is 0. The summed E-state index contributed by atoms with van der Waals surface area (Å²) in [5, 5.41) is 0. The van der Waals surface area contributed by atoms with Gasteiger partial charge in [0.2, 0.25) is 0 Å². The fraction of sp³-hybridized carbons (Fsp3) is 0. The molecule has 0 saturated carbocycles. The summed E-state index contributed by atoms with van der Waals surface area (Å²) in [5.41, 5.74) is 0. The summed E-state index contributed by atoms with van der Waals surface area (Å²) in [6, 6.07) is 0. The molecule has 0 amide bonds. The second-order valence-electron chi connectivity index (χ2n) is 0. The van der Waals surface area contributed by atoms with Gasteiger partial charge in [0.15, 0.2) is 0 Å². The van der Waals surface area contributed by atoms with Gasteiger partial charge in [-0.25, -0.2) is 0 Å². The first-order valence-corrected chi connectivity index (χ1v) is 0.333. The molecule has 0 aromatic heterocycles. The van der Waals surface area contributed by atoms with E-state index in [9.17, 15) is 0 Å². The molecule has 0 atom stereocenters. The van der Waals surface area contributed by atoms with E-state index in [1.54, 1.807) is 0 Å². The van der Waals surface area contributed by atoms with Gasteiger partial charge < -0.3 is 12.4 Å². The Morgan fingerprint density at radius 1 is 1.00 bits per heavy atom. The zero-order valence-corrected chi connectivity index (χ0v) is 5.29. The van der Waals surface area contributed by atoms with Crippen LogP contribution in [0.15, 0.2) is 0 Å². The minimum absolute atomic E-state index is 0. The van der Waals surface area contributed by atoms with Crippen molar-refractivity contribution < 1.29 is 42.0 Å². The van der Waals surface area contributed by atoms with E-state index in [0.29, 0.717) is 0 Å². The van der Waals surface area contributed by atoms with E-state index in [-0.39, 0.29) is 42.0 Å². The van der Waals surface area contributed by atoms with Gasteiger partial charge in [0.05, 0.1) is 0 Å². The van der Waals surface area contributed by atoms with Crippen LogP contribution in [0.25, 0.3) is 0 Å². The van der Waals surface area contributed by atoms with Crippen LogP contribution >= 0.6 is 0 Å². The fourth-order valence-electron chi connectivity index (χ4n) is 0. The average Bonchev–Trinajstić information content (AvgIpc) is 1.00. The molecule has 0 aromatic carbocycles. The van der Waals surface area contributed by atoms with Crippen molar-refractivity contribution in [2.24, 2.45) is 0 Å². The van der Waals surface area contributed by atoms with E-state index < -0.39 is 0 Å². The summed E-state index contributed by atoms with van der Waals surface area (Å²) in [5.74, 6) is 0. The van der Waals surface area contributed by atoms with Crippen molar-refractivity contribution in [3.05, 3.63) is 0 Å². The quantitative estimate of drug-likeness (QED) is 0.203. The molecule has 0 nitrogen and oxygen atoms in total. The maximum absolute atomic E-state index is 4.00. The van der Waals surface area contributed by atoms with Gasteiger partial charge in [0.1, 0.15) is 0 Å². The predicted octanol–water partition coefficient (Wildman–Crippen LogP) is -5.74. The van der Waals surface area contributed by atoms with Gasteiger partial charge in [-0.15, -0.1) is 12.8 Å². The molecule has 2 heteroatoms. The molecule has 0 fully saturated rings. The molecule has 4 heavy (non-hydrogen) atoms. The Kier molecular flexibility index (Phi) is 227. The smallest absolute Gasteiger partial charge is 1.00 e. The Morgan fingerprint density at radius 3 is 1.00 bits per heavy atom. The number of halogens is 1. The number of terminal acetylenes is 1. The fourth-order valence-corrected chi connectivity index (χ4v) is 0. The summed E-state index contributed by atoms with van der Waals surface area (Å²) < 4.78 is 0. The first kappa shape index (κ1) is 21.0. The first-order valence-electron chi connectivity index (χ1n) is 0.333. The van der Waals surface area contributed by atoms with Crippen molar-refractivity contribution in [3.63, 3.8) is 0 Å². The Labute approximate surface area is 54.7 Å². The molecule has 0 spiro atoms. The van der Waals surface area contributed by atoms with Crippen LogP contribution in [0.2, 0.25) is 0 Å². The molecule has 0 aromatic rings. The van der Waals surface area contributed by atoms with Gasteiger partial charge in [-0.05, 0) is 0 Å². The van der Waals surface area contributed by atoms with Crippen molar-refractivity contribution in [2.45, 2.75) is 0 Å². The van der Waals surface area contributed by atoms with Crippen molar-refractivity contribution in [1.29, 1.82) is 0 Å². The predicted molar refractivity (Wildman–Crippen MR) is 9.89 cm³/mol. The molecule has 0 rings (SSSR count). The standard InChI is InChI=1S/C2H2.ClH.Na/c1-2;;/h1-2H;1H;/q;;+1/p-1. The topological polar surface area (TPSA) is 0 Å². The van der Waals surface area contributed by atoms with E-state index in [1.807, 2.05) is 0 Å². The van der Waals surface area contributed by atoms with Gasteiger partial charge in [-0.2, -0.15) is 0 Å². The van der Waals surface area contributed by atoms with E-state index in [0.717, 1.165) is 0 Å². The third kappa shape index (κ3) is 13.5. The third-order valence-electron chi connectivity index (χ3n) is 0. The Hall–Kier alpha value is 0.850. The molecule has 0 saturated heterocycles. The monoisotopic (exact) mass is 84.0 g/mol. The van der Waals surface area contributed by atoms with Crippen molar-refractivity contribution in [3.8, 4) is 12.8 Å². The first-order chi connectivity index (χ1) is 1.00. The second-order valence-corrected chi connectivity index (χ2v) is 0. The summed E-state index contributed by atoms with van der Waals surface area (Å²) in [4.78, 5) is 0. The zero-order chi connectivity index (χ0) is 2.00. The maximum atomic E-state index is 4.00. The van der Waals surface area contributed by atoms with Crippen LogP contribution < -0.4 is 42.0 Å².